The Kier molecular flexibility index (Phi) is 5.38. The third-order valence-electron chi connectivity index (χ3n) is 7.47. The van der Waals surface area contributed by atoms with Crippen molar-refractivity contribution in [3.63, 3.8) is 0 Å². The van der Waals surface area contributed by atoms with Crippen molar-refractivity contribution < 1.29 is 28.6 Å². The van der Waals surface area contributed by atoms with E-state index < -0.39 is 28.3 Å². The van der Waals surface area contributed by atoms with E-state index in [0.717, 1.165) is 0 Å². The molecule has 1 saturated heterocycles. The Morgan fingerprint density at radius 2 is 1.94 bits per heavy atom. The zero-order chi connectivity index (χ0) is 24.2. The predicted molar refractivity (Wildman–Crippen MR) is 122 cm³/mol. The molecule has 1 aliphatic carbocycles. The lowest BCUT2D eigenvalue weighted by Crippen LogP contribution is -2.50. The Morgan fingerprint density at radius 3 is 2.52 bits per heavy atom. The summed E-state index contributed by atoms with van der Waals surface area (Å²) in [6, 6.07) is 6.85. The van der Waals surface area contributed by atoms with Crippen LogP contribution in [0.4, 0.5) is 5.69 Å². The first-order valence-corrected chi connectivity index (χ1v) is 11.2. The first kappa shape index (κ1) is 23.0. The van der Waals surface area contributed by atoms with E-state index in [1.165, 1.54) is 7.11 Å². The van der Waals surface area contributed by atoms with Crippen LogP contribution in [0.5, 0.6) is 5.75 Å². The molecular formula is C25H30N2O6. The molecule has 2 fully saturated rings. The van der Waals surface area contributed by atoms with Crippen LogP contribution in [0.25, 0.3) is 10.9 Å². The molecule has 1 aliphatic heterocycles. The number of carbonyl (C=O) groups is 3. The van der Waals surface area contributed by atoms with E-state index in [0.29, 0.717) is 41.8 Å². The highest BCUT2D eigenvalue weighted by Crippen LogP contribution is 2.65. The number of fused-ring (bicyclic) bond motifs is 3. The summed E-state index contributed by atoms with van der Waals surface area (Å²) in [5, 5.41) is 3.58. The lowest BCUT2D eigenvalue weighted by Gasteiger charge is -2.35. The summed E-state index contributed by atoms with van der Waals surface area (Å²) in [4.78, 5) is 42.9. The second-order valence-electron chi connectivity index (χ2n) is 10.0. The number of ether oxygens (including phenoxy) is 3. The normalized spacial score (nSPS) is 25.2. The molecular weight excluding hydrogens is 424 g/mol. The minimum absolute atomic E-state index is 0.0738. The third-order valence-corrected chi connectivity index (χ3v) is 7.47. The number of anilines is 1. The van der Waals surface area contributed by atoms with Crippen LogP contribution in [0.3, 0.4) is 0 Å². The SMILES string of the molecule is COC(=O)c1cc(OCC(C)C)c2cccc(NC(=O)[C@@]34CC[C@@](C)(C(=O)O3)C4(C)C)c2n1. The molecule has 176 valence electrons. The van der Waals surface area contributed by atoms with Crippen LogP contribution in [-0.4, -0.2) is 42.1 Å². The standard InChI is InChI=1S/C25H30N2O6/c1-14(2)13-32-18-12-17(20(28)31-6)26-19-15(18)8-7-9-16(19)27-21(29)25-11-10-24(5,22(30)33-25)23(25,3)4/h7-9,12,14H,10-11,13H2,1-6H3,(H,27,29)/t24-,25+/m0/s1. The van der Waals surface area contributed by atoms with Gasteiger partial charge in [-0.1, -0.05) is 33.8 Å². The monoisotopic (exact) mass is 454 g/mol. The molecule has 8 nitrogen and oxygen atoms in total. The Labute approximate surface area is 193 Å². The molecule has 2 atom stereocenters. The average Bonchev–Trinajstić information content (AvgIpc) is 3.07. The zero-order valence-electron chi connectivity index (χ0n) is 19.9. The number of methoxy groups -OCH3 is 1. The third kappa shape index (κ3) is 3.26. The fourth-order valence-corrected chi connectivity index (χ4v) is 4.87. The Bertz CT molecular complexity index is 1160. The highest BCUT2D eigenvalue weighted by molar-refractivity contribution is 6.08. The lowest BCUT2D eigenvalue weighted by atomic mass is 9.66. The fraction of sp³-hybridized carbons (Fsp3) is 0.520. The minimum atomic E-state index is -1.27. The molecule has 8 heteroatoms. The summed E-state index contributed by atoms with van der Waals surface area (Å²) in [6.45, 7) is 10.2. The van der Waals surface area contributed by atoms with Crippen LogP contribution >= 0.6 is 0 Å². The number of rotatable bonds is 6. The first-order valence-electron chi connectivity index (χ1n) is 11.2. The van der Waals surface area contributed by atoms with Gasteiger partial charge in [0.25, 0.3) is 5.91 Å². The summed E-state index contributed by atoms with van der Waals surface area (Å²) in [6.07, 6.45) is 1.03. The van der Waals surface area contributed by atoms with Crippen LogP contribution < -0.4 is 10.1 Å². The van der Waals surface area contributed by atoms with Gasteiger partial charge < -0.3 is 19.5 Å². The number of para-hydroxylation sites is 1. The predicted octanol–water partition coefficient (Wildman–Crippen LogP) is 4.12. The largest absolute Gasteiger partial charge is 0.493 e. The van der Waals surface area contributed by atoms with Gasteiger partial charge in [0.15, 0.2) is 11.3 Å². The zero-order valence-corrected chi connectivity index (χ0v) is 19.9. The maximum Gasteiger partial charge on any atom is 0.356 e. The van der Waals surface area contributed by atoms with Gasteiger partial charge in [-0.15, -0.1) is 0 Å². The fourth-order valence-electron chi connectivity index (χ4n) is 4.87. The van der Waals surface area contributed by atoms with Gasteiger partial charge in [-0.3, -0.25) is 9.59 Å². The maximum atomic E-state index is 13.6. The quantitative estimate of drug-likeness (QED) is 0.655. The second-order valence-corrected chi connectivity index (χ2v) is 10.0. The molecule has 1 aromatic heterocycles. The number of amides is 1. The van der Waals surface area contributed by atoms with Crippen LogP contribution in [0.2, 0.25) is 0 Å². The molecule has 2 aromatic rings. The van der Waals surface area contributed by atoms with Gasteiger partial charge in [-0.2, -0.15) is 0 Å². The summed E-state index contributed by atoms with van der Waals surface area (Å²) in [5.41, 5.74) is -1.78. The number of benzene rings is 1. The Morgan fingerprint density at radius 1 is 1.21 bits per heavy atom. The summed E-state index contributed by atoms with van der Waals surface area (Å²) < 4.78 is 16.5. The smallest absolute Gasteiger partial charge is 0.356 e. The van der Waals surface area contributed by atoms with Crippen LogP contribution in [-0.2, 0) is 19.1 Å². The van der Waals surface area contributed by atoms with Gasteiger partial charge in [-0.05, 0) is 37.8 Å². The van der Waals surface area contributed by atoms with Gasteiger partial charge >= 0.3 is 11.9 Å². The number of nitrogens with zero attached hydrogens (tertiary/aromatic N) is 1. The lowest BCUT2D eigenvalue weighted by molar-refractivity contribution is -0.165. The molecule has 2 heterocycles. The molecule has 0 radical (unpaired) electrons. The van der Waals surface area contributed by atoms with E-state index in [-0.39, 0.29) is 17.6 Å². The molecule has 1 amide bonds. The van der Waals surface area contributed by atoms with Crippen molar-refractivity contribution in [2.75, 3.05) is 19.0 Å². The van der Waals surface area contributed by atoms with E-state index >= 15 is 0 Å². The van der Waals surface area contributed by atoms with Gasteiger partial charge in [-0.25, -0.2) is 9.78 Å². The van der Waals surface area contributed by atoms with Crippen molar-refractivity contribution in [2.45, 2.75) is 53.1 Å². The van der Waals surface area contributed by atoms with Crippen molar-refractivity contribution in [2.24, 2.45) is 16.7 Å². The number of pyridine rings is 1. The summed E-state index contributed by atoms with van der Waals surface area (Å²) >= 11 is 0. The Balaban J connectivity index is 1.77. The van der Waals surface area contributed by atoms with Gasteiger partial charge in [0.1, 0.15) is 5.75 Å². The number of hydrogen-bond acceptors (Lipinski definition) is 7. The van der Waals surface area contributed by atoms with Gasteiger partial charge in [0.2, 0.25) is 0 Å². The van der Waals surface area contributed by atoms with E-state index in [1.807, 2.05) is 40.7 Å². The van der Waals surface area contributed by atoms with Crippen LogP contribution in [0, 0.1) is 16.7 Å². The number of nitrogens with one attached hydrogen (secondary N) is 1. The van der Waals surface area contributed by atoms with E-state index in [4.69, 9.17) is 14.2 Å². The van der Waals surface area contributed by atoms with Gasteiger partial charge in [0, 0.05) is 16.9 Å². The summed E-state index contributed by atoms with van der Waals surface area (Å²) in [7, 11) is 1.28. The first-order chi connectivity index (χ1) is 15.5. The highest BCUT2D eigenvalue weighted by atomic mass is 16.6. The maximum absolute atomic E-state index is 13.6. The van der Waals surface area contributed by atoms with E-state index in [2.05, 4.69) is 10.3 Å². The molecule has 33 heavy (non-hydrogen) atoms. The second kappa shape index (κ2) is 7.71. The summed E-state index contributed by atoms with van der Waals surface area (Å²) in [5.74, 6) is -0.604. The number of hydrogen-bond donors (Lipinski definition) is 1. The molecule has 1 aromatic carbocycles. The molecule has 0 spiro atoms. The molecule has 2 aliphatic rings. The molecule has 4 rings (SSSR count). The van der Waals surface area contributed by atoms with Crippen LogP contribution in [0.1, 0.15) is 57.9 Å². The van der Waals surface area contributed by atoms with Crippen molar-refractivity contribution in [1.82, 2.24) is 4.98 Å². The molecule has 0 unspecified atom stereocenters. The molecule has 2 bridgehead atoms. The van der Waals surface area contributed by atoms with Crippen molar-refractivity contribution in [3.8, 4) is 5.75 Å². The average molecular weight is 455 g/mol. The molecule has 1 saturated carbocycles. The Hall–Kier alpha value is -3.16. The highest BCUT2D eigenvalue weighted by Gasteiger charge is 2.75. The van der Waals surface area contributed by atoms with E-state index in [1.54, 1.807) is 18.2 Å². The number of carbonyl (C=O) groups excluding carboxylic acids is 3. The van der Waals surface area contributed by atoms with Crippen molar-refractivity contribution >= 4 is 34.4 Å². The van der Waals surface area contributed by atoms with Gasteiger partial charge in [0.05, 0.1) is 30.3 Å². The number of aromatic nitrogens is 1. The van der Waals surface area contributed by atoms with Crippen LogP contribution in [0.15, 0.2) is 24.3 Å². The van der Waals surface area contributed by atoms with Crippen molar-refractivity contribution in [1.29, 1.82) is 0 Å². The minimum Gasteiger partial charge on any atom is -0.493 e. The number of esters is 2. The van der Waals surface area contributed by atoms with E-state index in [9.17, 15) is 14.4 Å². The van der Waals surface area contributed by atoms with Crippen molar-refractivity contribution in [3.05, 3.63) is 30.0 Å². The topological polar surface area (TPSA) is 104 Å². The molecule has 1 N–H and O–H groups in total.